The minimum atomic E-state index is 0. The minimum absolute atomic E-state index is 0. The van der Waals surface area contributed by atoms with Gasteiger partial charge >= 0.3 is 51.4 Å². The predicted octanol–water partition coefficient (Wildman–Crippen LogP) is -3.16. The molecule has 0 heterocycles. The molecule has 0 aromatic heterocycles. The summed E-state index contributed by atoms with van der Waals surface area (Å²) in [7, 11) is 2.04. The molecule has 0 spiro atoms. The predicted molar refractivity (Wildman–Crippen MR) is 35.1 cm³/mol. The topological polar surface area (TPSA) is 26.3 Å². The summed E-state index contributed by atoms with van der Waals surface area (Å²) in [4.78, 5) is 2.18. The first-order valence-corrected chi connectivity index (χ1v) is 3.63. The first-order valence-electron chi connectivity index (χ1n) is 3.63. The van der Waals surface area contributed by atoms with Crippen molar-refractivity contribution in [1.29, 1.82) is 0 Å². The molecular weight excluding hydrogens is 153 g/mol. The number of hydrogen-bond donors (Lipinski definition) is 0. The van der Waals surface area contributed by atoms with E-state index in [0.29, 0.717) is 0 Å². The summed E-state index contributed by atoms with van der Waals surface area (Å²) in [5.74, 6) is 0. The van der Waals surface area contributed by atoms with Crippen molar-refractivity contribution in [3.8, 4) is 0 Å². The molecule has 0 radical (unpaired) electrons. The zero-order valence-electron chi connectivity index (χ0n) is 6.97. The van der Waals surface area contributed by atoms with Crippen LogP contribution in [0.1, 0.15) is 19.3 Å². The summed E-state index contributed by atoms with van der Waals surface area (Å²) in [5.41, 5.74) is 0. The van der Waals surface area contributed by atoms with Crippen molar-refractivity contribution in [3.63, 3.8) is 0 Å². The van der Waals surface area contributed by atoms with Gasteiger partial charge in [0.1, 0.15) is 0 Å². The Morgan fingerprint density at radius 2 is 2.10 bits per heavy atom. The van der Waals surface area contributed by atoms with Crippen LogP contribution in [-0.4, -0.2) is 31.1 Å². The summed E-state index contributed by atoms with van der Waals surface area (Å²) >= 11 is 0. The van der Waals surface area contributed by atoms with Crippen molar-refractivity contribution in [2.45, 2.75) is 25.3 Å². The second-order valence-electron chi connectivity index (χ2n) is 2.77. The summed E-state index contributed by atoms with van der Waals surface area (Å²) in [5, 5.41) is 10.1. The van der Waals surface area contributed by atoms with Crippen LogP contribution in [0.3, 0.4) is 0 Å². The number of rotatable bonds is 3. The van der Waals surface area contributed by atoms with Crippen LogP contribution in [0.5, 0.6) is 0 Å². The normalized spacial score (nSPS) is 18.3. The second kappa shape index (κ2) is 6.11. The molecule has 1 rings (SSSR count). The molecule has 0 saturated heterocycles. The van der Waals surface area contributed by atoms with Crippen molar-refractivity contribution in [2.75, 3.05) is 20.2 Å². The maximum Gasteiger partial charge on any atom is 1.00 e. The van der Waals surface area contributed by atoms with Gasteiger partial charge in [-0.3, -0.25) is 0 Å². The Bertz CT molecular complexity index is 85.7. The van der Waals surface area contributed by atoms with Crippen LogP contribution in [0.2, 0.25) is 0 Å². The second-order valence-corrected chi connectivity index (χ2v) is 2.77. The van der Waals surface area contributed by atoms with Crippen molar-refractivity contribution in [1.82, 2.24) is 4.90 Å². The van der Waals surface area contributed by atoms with Crippen LogP contribution in [0.4, 0.5) is 0 Å². The summed E-state index contributed by atoms with van der Waals surface area (Å²) in [6.07, 6.45) is 3.96. The van der Waals surface area contributed by atoms with Gasteiger partial charge in [-0.15, -0.1) is 6.61 Å². The fraction of sp³-hybridized carbons (Fsp3) is 1.00. The van der Waals surface area contributed by atoms with Crippen molar-refractivity contribution in [2.24, 2.45) is 0 Å². The van der Waals surface area contributed by atoms with E-state index in [1.807, 2.05) is 7.05 Å². The Kier molecular flexibility index (Phi) is 7.07. The zero-order chi connectivity index (χ0) is 6.69. The monoisotopic (exact) mass is 167 g/mol. The SMILES string of the molecule is CN(CC[O-])C1CCC1.[K+]. The van der Waals surface area contributed by atoms with Crippen molar-refractivity contribution >= 4 is 0 Å². The van der Waals surface area contributed by atoms with Crippen LogP contribution in [-0.2, 0) is 0 Å². The molecule has 0 unspecified atom stereocenters. The minimum Gasteiger partial charge on any atom is -0.854 e. The van der Waals surface area contributed by atoms with E-state index in [2.05, 4.69) is 4.90 Å². The van der Waals surface area contributed by atoms with Gasteiger partial charge in [0, 0.05) is 6.04 Å². The number of nitrogens with zero attached hydrogens (tertiary/aromatic N) is 1. The summed E-state index contributed by atoms with van der Waals surface area (Å²) in [6, 6.07) is 0.735. The summed E-state index contributed by atoms with van der Waals surface area (Å²) < 4.78 is 0. The third-order valence-corrected chi connectivity index (χ3v) is 2.14. The fourth-order valence-corrected chi connectivity index (χ4v) is 1.15. The van der Waals surface area contributed by atoms with Crippen LogP contribution in [0.15, 0.2) is 0 Å². The van der Waals surface area contributed by atoms with E-state index in [1.54, 1.807) is 0 Å². The Balaban J connectivity index is 0.000000810. The molecular formula is C7H14KNO. The molecule has 0 aliphatic heterocycles. The Morgan fingerprint density at radius 1 is 1.50 bits per heavy atom. The fourth-order valence-electron chi connectivity index (χ4n) is 1.15. The van der Waals surface area contributed by atoms with Gasteiger partial charge in [0.15, 0.2) is 0 Å². The van der Waals surface area contributed by atoms with E-state index in [9.17, 15) is 5.11 Å². The van der Waals surface area contributed by atoms with Gasteiger partial charge in [0.2, 0.25) is 0 Å². The Labute approximate surface area is 105 Å². The molecule has 54 valence electrons. The third kappa shape index (κ3) is 3.30. The number of hydrogen-bond acceptors (Lipinski definition) is 2. The molecule has 0 N–H and O–H groups in total. The van der Waals surface area contributed by atoms with Crippen LogP contribution < -0.4 is 56.5 Å². The Morgan fingerprint density at radius 3 is 2.40 bits per heavy atom. The van der Waals surface area contributed by atoms with Crippen molar-refractivity contribution < 1.29 is 56.5 Å². The van der Waals surface area contributed by atoms with Crippen LogP contribution >= 0.6 is 0 Å². The van der Waals surface area contributed by atoms with Gasteiger partial charge in [-0.2, -0.15) is 0 Å². The van der Waals surface area contributed by atoms with Gasteiger partial charge in [0.25, 0.3) is 0 Å². The molecule has 10 heavy (non-hydrogen) atoms. The molecule has 1 aliphatic carbocycles. The van der Waals surface area contributed by atoms with E-state index in [-0.39, 0.29) is 58.0 Å². The van der Waals surface area contributed by atoms with E-state index in [0.717, 1.165) is 12.6 Å². The molecule has 0 bridgehead atoms. The standard InChI is InChI=1S/C7H14NO.K/c1-8(5-6-9)7-3-2-4-7;/h7H,2-6H2,1H3;/q-1;+1. The van der Waals surface area contributed by atoms with Crippen molar-refractivity contribution in [3.05, 3.63) is 0 Å². The van der Waals surface area contributed by atoms with Gasteiger partial charge in [-0.25, -0.2) is 0 Å². The van der Waals surface area contributed by atoms with Gasteiger partial charge in [-0.05, 0) is 26.4 Å². The van der Waals surface area contributed by atoms with Gasteiger partial charge < -0.3 is 10.0 Å². The molecule has 1 fully saturated rings. The molecule has 1 saturated carbocycles. The first kappa shape index (κ1) is 11.6. The van der Waals surface area contributed by atoms with E-state index in [1.165, 1.54) is 19.3 Å². The molecule has 1 aliphatic rings. The maximum atomic E-state index is 10.1. The third-order valence-electron chi connectivity index (χ3n) is 2.14. The van der Waals surface area contributed by atoms with E-state index < -0.39 is 0 Å². The molecule has 3 heteroatoms. The maximum absolute atomic E-state index is 10.1. The van der Waals surface area contributed by atoms with Gasteiger partial charge in [0.05, 0.1) is 0 Å². The quantitative estimate of drug-likeness (QED) is 0.415. The smallest absolute Gasteiger partial charge is 0.854 e. The zero-order valence-corrected chi connectivity index (χ0v) is 10.1. The van der Waals surface area contributed by atoms with Crippen LogP contribution in [0.25, 0.3) is 0 Å². The molecule has 0 aromatic rings. The first-order chi connectivity index (χ1) is 4.34. The van der Waals surface area contributed by atoms with Gasteiger partial charge in [-0.1, -0.05) is 6.42 Å². The largest absolute Gasteiger partial charge is 1.00 e. The Hall–Kier alpha value is 1.56. The molecule has 0 amide bonds. The average molecular weight is 167 g/mol. The molecule has 0 aromatic carbocycles. The van der Waals surface area contributed by atoms with E-state index >= 15 is 0 Å². The van der Waals surface area contributed by atoms with Crippen LogP contribution in [0, 0.1) is 0 Å². The average Bonchev–Trinajstić information content (AvgIpc) is 1.60. The van der Waals surface area contributed by atoms with E-state index in [4.69, 9.17) is 0 Å². The molecule has 2 nitrogen and oxygen atoms in total. The molecule has 0 atom stereocenters. The number of likely N-dealkylation sites (N-methyl/N-ethyl adjacent to an activating group) is 1. The summed E-state index contributed by atoms with van der Waals surface area (Å²) in [6.45, 7) is 0.775.